The summed E-state index contributed by atoms with van der Waals surface area (Å²) in [5.41, 5.74) is 3.49. The van der Waals surface area contributed by atoms with E-state index in [2.05, 4.69) is 9.97 Å². The van der Waals surface area contributed by atoms with Gasteiger partial charge in [0.2, 0.25) is 0 Å². The van der Waals surface area contributed by atoms with Crippen LogP contribution in [0.25, 0.3) is 16.9 Å². The van der Waals surface area contributed by atoms with Gasteiger partial charge in [-0.15, -0.1) is 0 Å². The number of imidazole rings is 1. The number of hydrogen-bond acceptors (Lipinski definition) is 4. The van der Waals surface area contributed by atoms with Crippen molar-refractivity contribution in [3.05, 3.63) is 59.6 Å². The first-order chi connectivity index (χ1) is 10.9. The van der Waals surface area contributed by atoms with Crippen molar-refractivity contribution >= 4 is 21.4 Å². The highest BCUT2D eigenvalue weighted by molar-refractivity contribution is 7.90. The average molecular weight is 348 g/mol. The molecule has 0 atom stereocenters. The maximum atomic E-state index is 11.5. The standard InChI is InChI=1S/C16H14ClN3O2S/c1-11-3-4-12(7-14(11)17)15-9-18-10-20(15)13-5-6-16(19-8-13)23(2,21)22/h3-10H,1-2H3. The zero-order chi connectivity index (χ0) is 16.6. The number of benzene rings is 1. The van der Waals surface area contributed by atoms with E-state index in [4.69, 9.17) is 11.6 Å². The van der Waals surface area contributed by atoms with Gasteiger partial charge in [-0.1, -0.05) is 23.7 Å². The molecule has 0 N–H and O–H groups in total. The summed E-state index contributed by atoms with van der Waals surface area (Å²) in [5.74, 6) is 0. The molecule has 0 saturated carbocycles. The normalized spacial score (nSPS) is 11.6. The number of nitrogens with zero attached hydrogens (tertiary/aromatic N) is 3. The molecule has 0 spiro atoms. The van der Waals surface area contributed by atoms with Crippen LogP contribution < -0.4 is 0 Å². The highest BCUT2D eigenvalue weighted by Crippen LogP contribution is 2.27. The first-order valence-corrected chi connectivity index (χ1v) is 9.08. The summed E-state index contributed by atoms with van der Waals surface area (Å²) >= 11 is 6.19. The summed E-state index contributed by atoms with van der Waals surface area (Å²) in [6.07, 6.45) is 6.02. The molecular weight excluding hydrogens is 334 g/mol. The van der Waals surface area contributed by atoms with Crippen LogP contribution in [0.2, 0.25) is 5.02 Å². The molecule has 3 aromatic rings. The van der Waals surface area contributed by atoms with E-state index < -0.39 is 9.84 Å². The molecule has 5 nitrogen and oxygen atoms in total. The van der Waals surface area contributed by atoms with Gasteiger partial charge in [0.05, 0.1) is 30.1 Å². The average Bonchev–Trinajstić information content (AvgIpc) is 2.99. The third-order valence-electron chi connectivity index (χ3n) is 3.48. The molecule has 118 valence electrons. The van der Waals surface area contributed by atoms with Crippen molar-refractivity contribution in [1.29, 1.82) is 0 Å². The van der Waals surface area contributed by atoms with Crippen molar-refractivity contribution in [3.8, 4) is 16.9 Å². The first kappa shape index (κ1) is 15.7. The minimum atomic E-state index is -3.31. The van der Waals surface area contributed by atoms with E-state index in [0.717, 1.165) is 28.8 Å². The van der Waals surface area contributed by atoms with Crippen molar-refractivity contribution in [2.24, 2.45) is 0 Å². The number of halogens is 1. The molecule has 7 heteroatoms. The summed E-state index contributed by atoms with van der Waals surface area (Å²) < 4.78 is 24.8. The van der Waals surface area contributed by atoms with Crippen molar-refractivity contribution in [2.45, 2.75) is 11.9 Å². The Morgan fingerprint density at radius 2 is 1.91 bits per heavy atom. The number of hydrogen-bond donors (Lipinski definition) is 0. The Hall–Kier alpha value is -2.18. The highest BCUT2D eigenvalue weighted by Gasteiger charge is 2.11. The maximum absolute atomic E-state index is 11.5. The molecule has 23 heavy (non-hydrogen) atoms. The van der Waals surface area contributed by atoms with Crippen LogP contribution in [0.1, 0.15) is 5.56 Å². The van der Waals surface area contributed by atoms with E-state index in [1.165, 1.54) is 12.3 Å². The monoisotopic (exact) mass is 347 g/mol. The third-order valence-corrected chi connectivity index (χ3v) is 4.89. The molecule has 0 bridgehead atoms. The van der Waals surface area contributed by atoms with Gasteiger partial charge in [-0.2, -0.15) is 0 Å². The zero-order valence-electron chi connectivity index (χ0n) is 12.6. The van der Waals surface area contributed by atoms with Crippen LogP contribution in [0.4, 0.5) is 0 Å². The van der Waals surface area contributed by atoms with Gasteiger partial charge >= 0.3 is 0 Å². The van der Waals surface area contributed by atoms with Crippen LogP contribution in [-0.4, -0.2) is 29.2 Å². The van der Waals surface area contributed by atoms with E-state index >= 15 is 0 Å². The Morgan fingerprint density at radius 1 is 1.13 bits per heavy atom. The largest absolute Gasteiger partial charge is 0.297 e. The van der Waals surface area contributed by atoms with E-state index in [9.17, 15) is 8.42 Å². The lowest BCUT2D eigenvalue weighted by atomic mass is 10.1. The Labute approximate surface area is 139 Å². The van der Waals surface area contributed by atoms with Crippen molar-refractivity contribution < 1.29 is 8.42 Å². The van der Waals surface area contributed by atoms with E-state index in [1.54, 1.807) is 18.6 Å². The van der Waals surface area contributed by atoms with Gasteiger partial charge in [-0.3, -0.25) is 4.57 Å². The summed E-state index contributed by atoms with van der Waals surface area (Å²) in [4.78, 5) is 8.18. The second-order valence-electron chi connectivity index (χ2n) is 5.24. The molecule has 0 aliphatic carbocycles. The second kappa shape index (κ2) is 5.79. The fraction of sp³-hybridized carbons (Fsp3) is 0.125. The van der Waals surface area contributed by atoms with Gasteiger partial charge in [-0.05, 0) is 30.7 Å². The minimum absolute atomic E-state index is 0.0429. The Morgan fingerprint density at radius 3 is 2.52 bits per heavy atom. The Balaban J connectivity index is 2.05. The predicted molar refractivity (Wildman–Crippen MR) is 89.7 cm³/mol. The highest BCUT2D eigenvalue weighted by atomic mass is 35.5. The molecule has 0 aliphatic heterocycles. The van der Waals surface area contributed by atoms with Crippen LogP contribution in [0, 0.1) is 6.92 Å². The lowest BCUT2D eigenvalue weighted by molar-refractivity contribution is 0.598. The summed E-state index contributed by atoms with van der Waals surface area (Å²) in [6, 6.07) is 8.97. The summed E-state index contributed by atoms with van der Waals surface area (Å²) in [5, 5.41) is 0.724. The summed E-state index contributed by atoms with van der Waals surface area (Å²) in [6.45, 7) is 1.94. The van der Waals surface area contributed by atoms with Gasteiger partial charge < -0.3 is 0 Å². The van der Waals surface area contributed by atoms with Crippen molar-refractivity contribution in [2.75, 3.05) is 6.26 Å². The molecule has 2 aromatic heterocycles. The Bertz CT molecular complexity index is 963. The molecule has 3 rings (SSSR count). The fourth-order valence-electron chi connectivity index (χ4n) is 2.20. The minimum Gasteiger partial charge on any atom is -0.297 e. The van der Waals surface area contributed by atoms with E-state index in [1.807, 2.05) is 29.7 Å². The lowest BCUT2D eigenvalue weighted by Crippen LogP contribution is -2.02. The van der Waals surface area contributed by atoms with Crippen LogP contribution in [0.3, 0.4) is 0 Å². The number of pyridine rings is 1. The number of aryl methyl sites for hydroxylation is 1. The quantitative estimate of drug-likeness (QED) is 0.729. The first-order valence-electron chi connectivity index (χ1n) is 6.81. The van der Waals surface area contributed by atoms with E-state index in [0.29, 0.717) is 5.02 Å². The molecule has 1 aromatic carbocycles. The second-order valence-corrected chi connectivity index (χ2v) is 7.61. The lowest BCUT2D eigenvalue weighted by Gasteiger charge is -2.09. The van der Waals surface area contributed by atoms with Crippen molar-refractivity contribution in [1.82, 2.24) is 14.5 Å². The maximum Gasteiger partial charge on any atom is 0.192 e. The van der Waals surface area contributed by atoms with Crippen LogP contribution in [0.15, 0.2) is 54.1 Å². The molecule has 0 amide bonds. The van der Waals surface area contributed by atoms with Gasteiger partial charge in [0.25, 0.3) is 0 Å². The number of aromatic nitrogens is 3. The Kier molecular flexibility index (Phi) is 3.95. The number of rotatable bonds is 3. The van der Waals surface area contributed by atoms with Gasteiger partial charge in [0.15, 0.2) is 14.9 Å². The van der Waals surface area contributed by atoms with Crippen molar-refractivity contribution in [3.63, 3.8) is 0 Å². The van der Waals surface area contributed by atoms with Gasteiger partial charge in [-0.25, -0.2) is 18.4 Å². The van der Waals surface area contributed by atoms with Crippen LogP contribution in [-0.2, 0) is 9.84 Å². The number of sulfone groups is 1. The fourth-order valence-corrected chi connectivity index (χ4v) is 2.94. The van der Waals surface area contributed by atoms with Gasteiger partial charge in [0.1, 0.15) is 0 Å². The predicted octanol–water partition coefficient (Wildman–Crippen LogP) is 3.30. The van der Waals surface area contributed by atoms with Crippen LogP contribution in [0.5, 0.6) is 0 Å². The zero-order valence-corrected chi connectivity index (χ0v) is 14.1. The molecule has 0 fully saturated rings. The van der Waals surface area contributed by atoms with Crippen LogP contribution >= 0.6 is 11.6 Å². The molecule has 0 unspecified atom stereocenters. The molecule has 0 saturated heterocycles. The third kappa shape index (κ3) is 3.13. The smallest absolute Gasteiger partial charge is 0.192 e. The molecular formula is C16H14ClN3O2S. The molecule has 2 heterocycles. The molecule has 0 radical (unpaired) electrons. The summed E-state index contributed by atoms with van der Waals surface area (Å²) in [7, 11) is -3.31. The molecule has 0 aliphatic rings. The topological polar surface area (TPSA) is 64.8 Å². The SMILES string of the molecule is Cc1ccc(-c2cncn2-c2ccc(S(C)(=O)=O)nc2)cc1Cl. The van der Waals surface area contributed by atoms with E-state index in [-0.39, 0.29) is 5.03 Å². The van der Waals surface area contributed by atoms with Gasteiger partial charge in [0, 0.05) is 16.8 Å².